The molecule has 1 N–H and O–H groups in total. The standard InChI is InChI=1S/C12H13NO2/c1-2-6-11(14)9-12(15)13-10-7-4-3-5-8-10/h2-5,7-8H,1,6,9H2,(H,13,15). The third-order valence-electron chi connectivity index (χ3n) is 1.79. The first kappa shape index (κ1) is 11.2. The van der Waals surface area contributed by atoms with Gasteiger partial charge in [0.05, 0.1) is 6.42 Å². The Labute approximate surface area is 88.8 Å². The average molecular weight is 203 g/mol. The number of carbonyl (C=O) groups excluding carboxylic acids is 2. The summed E-state index contributed by atoms with van der Waals surface area (Å²) >= 11 is 0. The van der Waals surface area contributed by atoms with E-state index in [1.807, 2.05) is 18.2 Å². The fraction of sp³-hybridized carbons (Fsp3) is 0.167. The summed E-state index contributed by atoms with van der Waals surface area (Å²) in [6, 6.07) is 9.05. The predicted molar refractivity (Wildman–Crippen MR) is 59.5 cm³/mol. The molecule has 0 spiro atoms. The molecule has 0 saturated carbocycles. The third kappa shape index (κ3) is 4.22. The molecule has 1 aromatic rings. The summed E-state index contributed by atoms with van der Waals surface area (Å²) in [5, 5.41) is 2.64. The minimum Gasteiger partial charge on any atom is -0.326 e. The molecule has 0 aliphatic heterocycles. The van der Waals surface area contributed by atoms with Crippen molar-refractivity contribution in [1.29, 1.82) is 0 Å². The molecule has 0 atom stereocenters. The van der Waals surface area contributed by atoms with Gasteiger partial charge < -0.3 is 5.32 Å². The maximum atomic E-state index is 11.3. The van der Waals surface area contributed by atoms with Crippen molar-refractivity contribution in [3.05, 3.63) is 43.0 Å². The van der Waals surface area contributed by atoms with Gasteiger partial charge in [-0.2, -0.15) is 0 Å². The minimum atomic E-state index is -0.284. The average Bonchev–Trinajstić information content (AvgIpc) is 2.19. The van der Waals surface area contributed by atoms with Crippen molar-refractivity contribution in [2.45, 2.75) is 12.8 Å². The topological polar surface area (TPSA) is 46.2 Å². The second kappa shape index (κ2) is 5.75. The Balaban J connectivity index is 2.43. The van der Waals surface area contributed by atoms with E-state index in [0.717, 1.165) is 0 Å². The van der Waals surface area contributed by atoms with Crippen LogP contribution in [0.5, 0.6) is 0 Å². The molecule has 78 valence electrons. The molecule has 3 heteroatoms. The zero-order chi connectivity index (χ0) is 11.1. The van der Waals surface area contributed by atoms with E-state index in [0.29, 0.717) is 5.69 Å². The van der Waals surface area contributed by atoms with E-state index < -0.39 is 0 Å². The smallest absolute Gasteiger partial charge is 0.231 e. The molecule has 0 radical (unpaired) electrons. The molecular formula is C12H13NO2. The van der Waals surface area contributed by atoms with Crippen molar-refractivity contribution in [3.63, 3.8) is 0 Å². The number of para-hydroxylation sites is 1. The molecule has 0 aliphatic carbocycles. The summed E-state index contributed by atoms with van der Waals surface area (Å²) in [6.07, 6.45) is 1.64. The number of anilines is 1. The van der Waals surface area contributed by atoms with Gasteiger partial charge in [0.2, 0.25) is 5.91 Å². The maximum Gasteiger partial charge on any atom is 0.231 e. The molecule has 0 aromatic heterocycles. The van der Waals surface area contributed by atoms with Gasteiger partial charge in [-0.05, 0) is 12.1 Å². The first-order chi connectivity index (χ1) is 7.22. The quantitative estimate of drug-likeness (QED) is 0.588. The Kier molecular flexibility index (Phi) is 4.29. The van der Waals surface area contributed by atoms with Crippen molar-refractivity contribution in [2.75, 3.05) is 5.32 Å². The van der Waals surface area contributed by atoms with Gasteiger partial charge in [0.1, 0.15) is 5.78 Å². The molecule has 0 bridgehead atoms. The Morgan fingerprint density at radius 3 is 2.53 bits per heavy atom. The third-order valence-corrected chi connectivity index (χ3v) is 1.79. The number of hydrogen-bond donors (Lipinski definition) is 1. The van der Waals surface area contributed by atoms with E-state index in [1.165, 1.54) is 6.08 Å². The Morgan fingerprint density at radius 2 is 1.93 bits per heavy atom. The van der Waals surface area contributed by atoms with Crippen molar-refractivity contribution < 1.29 is 9.59 Å². The number of nitrogens with one attached hydrogen (secondary N) is 1. The summed E-state index contributed by atoms with van der Waals surface area (Å²) in [4.78, 5) is 22.4. The van der Waals surface area contributed by atoms with Gasteiger partial charge in [-0.25, -0.2) is 0 Å². The highest BCUT2D eigenvalue weighted by Gasteiger charge is 2.07. The van der Waals surface area contributed by atoms with Crippen LogP contribution in [0.2, 0.25) is 0 Å². The number of ketones is 1. The van der Waals surface area contributed by atoms with Gasteiger partial charge >= 0.3 is 0 Å². The number of allylic oxidation sites excluding steroid dienone is 1. The SMILES string of the molecule is C=CCC(=O)CC(=O)Nc1ccccc1. The zero-order valence-electron chi connectivity index (χ0n) is 8.40. The summed E-state index contributed by atoms with van der Waals surface area (Å²) < 4.78 is 0. The fourth-order valence-corrected chi connectivity index (χ4v) is 1.14. The van der Waals surface area contributed by atoms with E-state index in [4.69, 9.17) is 0 Å². The number of benzene rings is 1. The Bertz CT molecular complexity index is 357. The van der Waals surface area contributed by atoms with E-state index >= 15 is 0 Å². The number of rotatable bonds is 5. The predicted octanol–water partition coefficient (Wildman–Crippen LogP) is 2.16. The lowest BCUT2D eigenvalue weighted by atomic mass is 10.2. The van der Waals surface area contributed by atoms with Crippen LogP contribution >= 0.6 is 0 Å². The van der Waals surface area contributed by atoms with Crippen LogP contribution in [0.25, 0.3) is 0 Å². The van der Waals surface area contributed by atoms with Gasteiger partial charge in [-0.1, -0.05) is 24.3 Å². The molecule has 15 heavy (non-hydrogen) atoms. The molecule has 1 rings (SSSR count). The van der Waals surface area contributed by atoms with Crippen LogP contribution in [0.15, 0.2) is 43.0 Å². The number of Topliss-reactive ketones (excluding diaryl/α,β-unsaturated/α-hetero) is 1. The van der Waals surface area contributed by atoms with E-state index in [2.05, 4.69) is 11.9 Å². The first-order valence-corrected chi connectivity index (χ1v) is 4.70. The van der Waals surface area contributed by atoms with Crippen LogP contribution in [-0.4, -0.2) is 11.7 Å². The highest BCUT2D eigenvalue weighted by Crippen LogP contribution is 2.05. The van der Waals surface area contributed by atoms with E-state index in [1.54, 1.807) is 12.1 Å². The largest absolute Gasteiger partial charge is 0.326 e. The van der Waals surface area contributed by atoms with Gasteiger partial charge in [0.25, 0.3) is 0 Å². The van der Waals surface area contributed by atoms with Gasteiger partial charge in [-0.3, -0.25) is 9.59 Å². The Morgan fingerprint density at radius 1 is 1.27 bits per heavy atom. The fourth-order valence-electron chi connectivity index (χ4n) is 1.14. The Hall–Kier alpha value is -1.90. The summed E-state index contributed by atoms with van der Waals surface area (Å²) in [5.41, 5.74) is 0.703. The zero-order valence-corrected chi connectivity index (χ0v) is 8.40. The van der Waals surface area contributed by atoms with Crippen molar-refractivity contribution in [1.82, 2.24) is 0 Å². The number of carbonyl (C=O) groups is 2. The summed E-state index contributed by atoms with van der Waals surface area (Å²) in [6.45, 7) is 3.44. The molecule has 0 saturated heterocycles. The normalized spacial score (nSPS) is 9.33. The molecule has 0 aliphatic rings. The van der Waals surface area contributed by atoms with Crippen molar-refractivity contribution >= 4 is 17.4 Å². The first-order valence-electron chi connectivity index (χ1n) is 4.70. The second-order valence-electron chi connectivity index (χ2n) is 3.12. The highest BCUT2D eigenvalue weighted by atomic mass is 16.2. The van der Waals surface area contributed by atoms with Crippen LogP contribution in [0.3, 0.4) is 0 Å². The maximum absolute atomic E-state index is 11.3. The lowest BCUT2D eigenvalue weighted by Crippen LogP contribution is -2.15. The number of amides is 1. The van der Waals surface area contributed by atoms with Gasteiger partial charge in [0, 0.05) is 12.1 Å². The highest BCUT2D eigenvalue weighted by molar-refractivity contribution is 6.04. The molecular weight excluding hydrogens is 190 g/mol. The van der Waals surface area contributed by atoms with E-state index in [-0.39, 0.29) is 24.5 Å². The minimum absolute atomic E-state index is 0.0963. The molecule has 0 heterocycles. The molecule has 3 nitrogen and oxygen atoms in total. The molecule has 0 fully saturated rings. The van der Waals surface area contributed by atoms with Crippen LogP contribution in [0, 0.1) is 0 Å². The van der Waals surface area contributed by atoms with Crippen LogP contribution in [-0.2, 0) is 9.59 Å². The monoisotopic (exact) mass is 203 g/mol. The van der Waals surface area contributed by atoms with Crippen LogP contribution in [0.1, 0.15) is 12.8 Å². The van der Waals surface area contributed by atoms with E-state index in [9.17, 15) is 9.59 Å². The molecule has 0 unspecified atom stereocenters. The lowest BCUT2D eigenvalue weighted by Gasteiger charge is -2.03. The van der Waals surface area contributed by atoms with Crippen LogP contribution in [0.4, 0.5) is 5.69 Å². The van der Waals surface area contributed by atoms with Crippen molar-refractivity contribution in [2.24, 2.45) is 0 Å². The molecule has 1 aromatic carbocycles. The molecule has 1 amide bonds. The van der Waals surface area contributed by atoms with Crippen LogP contribution < -0.4 is 5.32 Å². The van der Waals surface area contributed by atoms with Crippen molar-refractivity contribution in [3.8, 4) is 0 Å². The summed E-state index contributed by atoms with van der Waals surface area (Å²) in [7, 11) is 0. The van der Waals surface area contributed by atoms with Gasteiger partial charge in [0.15, 0.2) is 0 Å². The van der Waals surface area contributed by atoms with Gasteiger partial charge in [-0.15, -0.1) is 6.58 Å². The summed E-state index contributed by atoms with van der Waals surface area (Å²) in [5.74, 6) is -0.411. The second-order valence-corrected chi connectivity index (χ2v) is 3.12. The number of hydrogen-bond acceptors (Lipinski definition) is 2. The lowest BCUT2D eigenvalue weighted by molar-refractivity contribution is -0.124.